The third-order valence-corrected chi connectivity index (χ3v) is 4.87. The smallest absolute Gasteiger partial charge is 0.214 e. The first-order valence-corrected chi connectivity index (χ1v) is 7.43. The van der Waals surface area contributed by atoms with Gasteiger partial charge in [0, 0.05) is 25.8 Å². The van der Waals surface area contributed by atoms with Crippen LogP contribution in [-0.4, -0.2) is 39.5 Å². The van der Waals surface area contributed by atoms with Crippen LogP contribution in [0.15, 0.2) is 0 Å². The van der Waals surface area contributed by atoms with Crippen molar-refractivity contribution in [2.45, 2.75) is 43.9 Å². The Morgan fingerprint density at radius 3 is 2.56 bits per heavy atom. The van der Waals surface area contributed by atoms with Gasteiger partial charge in [-0.15, -0.1) is 0 Å². The second-order valence-electron chi connectivity index (χ2n) is 4.20. The summed E-state index contributed by atoms with van der Waals surface area (Å²) in [5.41, 5.74) is 5.54. The van der Waals surface area contributed by atoms with Crippen LogP contribution in [0.1, 0.15) is 32.6 Å². The molecule has 1 unspecified atom stereocenters. The van der Waals surface area contributed by atoms with Crippen LogP contribution in [0.3, 0.4) is 0 Å². The molecule has 96 valence electrons. The third-order valence-electron chi connectivity index (χ3n) is 2.86. The first kappa shape index (κ1) is 13.9. The van der Waals surface area contributed by atoms with E-state index in [1.165, 1.54) is 0 Å². The van der Waals surface area contributed by atoms with Crippen LogP contribution in [0.2, 0.25) is 0 Å². The highest BCUT2D eigenvalue weighted by atomic mass is 32.2. The van der Waals surface area contributed by atoms with Gasteiger partial charge >= 0.3 is 0 Å². The zero-order chi connectivity index (χ0) is 12.0. The molecule has 0 amide bonds. The molecule has 1 aliphatic rings. The maximum absolute atomic E-state index is 12.0. The van der Waals surface area contributed by atoms with Gasteiger partial charge in [-0.3, -0.25) is 0 Å². The van der Waals surface area contributed by atoms with E-state index in [0.717, 1.165) is 12.8 Å². The predicted molar refractivity (Wildman–Crippen MR) is 63.6 cm³/mol. The Balaban J connectivity index is 2.54. The summed E-state index contributed by atoms with van der Waals surface area (Å²) in [4.78, 5) is 0. The second-order valence-corrected chi connectivity index (χ2v) is 6.19. The topological polar surface area (TPSA) is 81.4 Å². The maximum atomic E-state index is 12.0. The van der Waals surface area contributed by atoms with Gasteiger partial charge in [0.2, 0.25) is 10.0 Å². The van der Waals surface area contributed by atoms with Crippen molar-refractivity contribution in [2.24, 2.45) is 5.73 Å². The number of ether oxygens (including phenoxy) is 1. The third kappa shape index (κ3) is 4.01. The first-order valence-electron chi connectivity index (χ1n) is 5.89. The number of sulfonamides is 1. The van der Waals surface area contributed by atoms with Gasteiger partial charge in [-0.25, -0.2) is 13.1 Å². The van der Waals surface area contributed by atoms with Crippen molar-refractivity contribution >= 4 is 10.0 Å². The highest BCUT2D eigenvalue weighted by molar-refractivity contribution is 7.90. The lowest BCUT2D eigenvalue weighted by molar-refractivity contribution is 0.0980. The van der Waals surface area contributed by atoms with Gasteiger partial charge in [-0.1, -0.05) is 13.3 Å². The zero-order valence-corrected chi connectivity index (χ0v) is 10.6. The van der Waals surface area contributed by atoms with Gasteiger partial charge in [0.1, 0.15) is 0 Å². The fraction of sp³-hybridized carbons (Fsp3) is 1.00. The fourth-order valence-electron chi connectivity index (χ4n) is 1.89. The molecule has 0 saturated carbocycles. The summed E-state index contributed by atoms with van der Waals surface area (Å²) in [6, 6.07) is -0.127. The standard InChI is InChI=1S/C10H22N2O3S/c1-2-3-9(8-11)12-16(13,14)10-4-6-15-7-5-10/h9-10,12H,2-8,11H2,1H3. The van der Waals surface area contributed by atoms with E-state index in [2.05, 4.69) is 4.72 Å². The molecule has 1 rings (SSSR count). The van der Waals surface area contributed by atoms with E-state index in [1.54, 1.807) is 0 Å². The Kier molecular flexibility index (Phi) is 5.68. The Morgan fingerprint density at radius 1 is 1.44 bits per heavy atom. The van der Waals surface area contributed by atoms with E-state index in [1.807, 2.05) is 6.92 Å². The van der Waals surface area contributed by atoms with Crippen molar-refractivity contribution in [1.29, 1.82) is 0 Å². The van der Waals surface area contributed by atoms with E-state index in [-0.39, 0.29) is 11.3 Å². The molecule has 1 saturated heterocycles. The van der Waals surface area contributed by atoms with Gasteiger partial charge in [0.15, 0.2) is 0 Å². The van der Waals surface area contributed by atoms with Gasteiger partial charge in [-0.05, 0) is 19.3 Å². The van der Waals surface area contributed by atoms with Crippen LogP contribution in [0.25, 0.3) is 0 Å². The number of rotatable bonds is 6. The van der Waals surface area contributed by atoms with Crippen LogP contribution >= 0.6 is 0 Å². The summed E-state index contributed by atoms with van der Waals surface area (Å²) >= 11 is 0. The van der Waals surface area contributed by atoms with E-state index in [4.69, 9.17) is 10.5 Å². The highest BCUT2D eigenvalue weighted by Gasteiger charge is 2.29. The van der Waals surface area contributed by atoms with Gasteiger partial charge in [0.25, 0.3) is 0 Å². The molecule has 0 aromatic rings. The molecule has 0 aliphatic carbocycles. The number of hydrogen-bond donors (Lipinski definition) is 2. The molecule has 0 spiro atoms. The second kappa shape index (κ2) is 6.54. The van der Waals surface area contributed by atoms with Crippen LogP contribution < -0.4 is 10.5 Å². The van der Waals surface area contributed by atoms with E-state index >= 15 is 0 Å². The lowest BCUT2D eigenvalue weighted by Gasteiger charge is -2.25. The Bertz CT molecular complexity index is 286. The summed E-state index contributed by atoms with van der Waals surface area (Å²) in [6.07, 6.45) is 2.88. The molecular weight excluding hydrogens is 228 g/mol. The van der Waals surface area contributed by atoms with Gasteiger partial charge in [0.05, 0.1) is 5.25 Å². The van der Waals surface area contributed by atoms with Crippen molar-refractivity contribution in [3.05, 3.63) is 0 Å². The van der Waals surface area contributed by atoms with Crippen molar-refractivity contribution in [3.8, 4) is 0 Å². The van der Waals surface area contributed by atoms with E-state index < -0.39 is 10.0 Å². The highest BCUT2D eigenvalue weighted by Crippen LogP contribution is 2.15. The molecule has 1 heterocycles. The summed E-state index contributed by atoms with van der Waals surface area (Å²) in [6.45, 7) is 3.45. The van der Waals surface area contributed by atoms with Crippen LogP contribution in [0.5, 0.6) is 0 Å². The summed E-state index contributed by atoms with van der Waals surface area (Å²) in [5.74, 6) is 0. The average Bonchev–Trinajstić information content (AvgIpc) is 2.29. The van der Waals surface area contributed by atoms with Crippen LogP contribution in [-0.2, 0) is 14.8 Å². The van der Waals surface area contributed by atoms with Crippen molar-refractivity contribution in [2.75, 3.05) is 19.8 Å². The minimum absolute atomic E-state index is 0.127. The molecule has 1 aliphatic heterocycles. The van der Waals surface area contributed by atoms with Gasteiger partial charge < -0.3 is 10.5 Å². The summed E-state index contributed by atoms with van der Waals surface area (Å²) < 4.78 is 31.9. The average molecular weight is 250 g/mol. The number of hydrogen-bond acceptors (Lipinski definition) is 4. The number of nitrogens with two attached hydrogens (primary N) is 1. The molecule has 1 fully saturated rings. The molecule has 3 N–H and O–H groups in total. The molecule has 5 nitrogen and oxygen atoms in total. The van der Waals surface area contributed by atoms with Crippen molar-refractivity contribution in [1.82, 2.24) is 4.72 Å². The minimum atomic E-state index is -3.23. The molecule has 0 aromatic heterocycles. The molecule has 0 radical (unpaired) electrons. The first-order chi connectivity index (χ1) is 7.60. The molecule has 1 atom stereocenters. The minimum Gasteiger partial charge on any atom is -0.381 e. The van der Waals surface area contributed by atoms with Crippen molar-refractivity contribution in [3.63, 3.8) is 0 Å². The zero-order valence-electron chi connectivity index (χ0n) is 9.81. The van der Waals surface area contributed by atoms with Crippen molar-refractivity contribution < 1.29 is 13.2 Å². The summed E-state index contributed by atoms with van der Waals surface area (Å²) in [5, 5.41) is -0.313. The molecule has 6 heteroatoms. The SMILES string of the molecule is CCCC(CN)NS(=O)(=O)C1CCOCC1. The quantitative estimate of drug-likeness (QED) is 0.706. The fourth-order valence-corrected chi connectivity index (χ4v) is 3.57. The molecular formula is C10H22N2O3S. The Hall–Kier alpha value is -0.170. The largest absolute Gasteiger partial charge is 0.381 e. The lowest BCUT2D eigenvalue weighted by Crippen LogP contribution is -2.46. The number of nitrogens with one attached hydrogen (secondary N) is 1. The predicted octanol–water partition coefficient (Wildman–Crippen LogP) is 0.212. The monoisotopic (exact) mass is 250 g/mol. The maximum Gasteiger partial charge on any atom is 0.214 e. The van der Waals surface area contributed by atoms with E-state index in [0.29, 0.717) is 32.6 Å². The molecule has 16 heavy (non-hydrogen) atoms. The Labute approximate surface area is 97.8 Å². The normalized spacial score (nSPS) is 20.9. The molecule has 0 bridgehead atoms. The van der Waals surface area contributed by atoms with Crippen LogP contribution in [0, 0.1) is 0 Å². The van der Waals surface area contributed by atoms with E-state index in [9.17, 15) is 8.42 Å². The summed E-state index contributed by atoms with van der Waals surface area (Å²) in [7, 11) is -3.23. The molecule has 0 aromatic carbocycles. The lowest BCUT2D eigenvalue weighted by atomic mass is 10.2. The van der Waals surface area contributed by atoms with Gasteiger partial charge in [-0.2, -0.15) is 0 Å². The Morgan fingerprint density at radius 2 is 2.06 bits per heavy atom. The van der Waals surface area contributed by atoms with Crippen LogP contribution in [0.4, 0.5) is 0 Å².